The van der Waals surface area contributed by atoms with E-state index < -0.39 is 25.4 Å². The monoisotopic (exact) mass is 644 g/mol. The lowest BCUT2D eigenvalue weighted by Gasteiger charge is -2.32. The van der Waals surface area contributed by atoms with Gasteiger partial charge in [0.1, 0.15) is 5.75 Å². The van der Waals surface area contributed by atoms with E-state index in [9.17, 15) is 0 Å². The second-order valence-electron chi connectivity index (χ2n) is 14.6. The highest BCUT2D eigenvalue weighted by molar-refractivity contribution is 7.99. The van der Waals surface area contributed by atoms with Gasteiger partial charge in [-0.25, -0.2) is 0 Å². The van der Waals surface area contributed by atoms with E-state index in [-0.39, 0.29) is 16.6 Å². The molecule has 0 radical (unpaired) electrons. The SMILES string of the molecule is CC1(C)OB(c2ccc(OC(Sc3ccc(B4OC(C)(C)C(C)(C)O4)cc3)c3cccc4ccc5ccccc5c34)cc2)OC1(C)C. The maximum absolute atomic E-state index is 6.88. The molecule has 7 rings (SSSR count). The third kappa shape index (κ3) is 6.00. The first-order valence-corrected chi connectivity index (χ1v) is 17.3. The van der Waals surface area contributed by atoms with Gasteiger partial charge in [0, 0.05) is 10.5 Å². The Bertz CT molecular complexity index is 1810. The van der Waals surface area contributed by atoms with Gasteiger partial charge in [0.2, 0.25) is 0 Å². The van der Waals surface area contributed by atoms with Gasteiger partial charge in [0.05, 0.1) is 22.4 Å². The summed E-state index contributed by atoms with van der Waals surface area (Å²) in [5.41, 5.74) is 1.19. The van der Waals surface area contributed by atoms with Gasteiger partial charge in [0.25, 0.3) is 0 Å². The molecule has 240 valence electrons. The maximum Gasteiger partial charge on any atom is 0.494 e. The molecule has 0 aliphatic carbocycles. The second-order valence-corrected chi connectivity index (χ2v) is 15.7. The number of ether oxygens (including phenoxy) is 1. The van der Waals surface area contributed by atoms with Crippen LogP contribution in [0.3, 0.4) is 0 Å². The zero-order valence-corrected chi connectivity index (χ0v) is 29.3. The van der Waals surface area contributed by atoms with Crippen molar-refractivity contribution in [2.45, 2.75) is 88.1 Å². The van der Waals surface area contributed by atoms with Gasteiger partial charge in [-0.1, -0.05) is 90.6 Å². The average molecular weight is 644 g/mol. The minimum atomic E-state index is -0.425. The van der Waals surface area contributed by atoms with Crippen molar-refractivity contribution < 1.29 is 23.4 Å². The quantitative estimate of drug-likeness (QED) is 0.0767. The summed E-state index contributed by atoms with van der Waals surface area (Å²) in [6.07, 6.45) is 0. The molecule has 0 aromatic heterocycles. The van der Waals surface area contributed by atoms with Gasteiger partial charge >= 0.3 is 14.2 Å². The van der Waals surface area contributed by atoms with E-state index in [1.165, 1.54) is 21.5 Å². The minimum Gasteiger partial charge on any atom is -0.475 e. The zero-order valence-electron chi connectivity index (χ0n) is 28.5. The molecule has 5 aromatic rings. The van der Waals surface area contributed by atoms with E-state index in [4.69, 9.17) is 23.4 Å². The zero-order chi connectivity index (χ0) is 33.2. The van der Waals surface area contributed by atoms with Crippen molar-refractivity contribution in [2.75, 3.05) is 0 Å². The lowest BCUT2D eigenvalue weighted by molar-refractivity contribution is 0.00578. The molecule has 2 fully saturated rings. The summed E-state index contributed by atoms with van der Waals surface area (Å²) in [7, 11) is -0.829. The Morgan fingerprint density at radius 1 is 0.532 bits per heavy atom. The number of hydrogen-bond acceptors (Lipinski definition) is 6. The maximum atomic E-state index is 6.88. The lowest BCUT2D eigenvalue weighted by atomic mass is 9.79. The average Bonchev–Trinajstić information content (AvgIpc) is 3.40. The Hall–Kier alpha value is -3.26. The van der Waals surface area contributed by atoms with Crippen LogP contribution in [0.5, 0.6) is 5.75 Å². The summed E-state index contributed by atoms with van der Waals surface area (Å²) in [6, 6.07) is 36.0. The Morgan fingerprint density at radius 2 is 1.02 bits per heavy atom. The molecule has 2 aliphatic heterocycles. The number of thioether (sulfide) groups is 1. The van der Waals surface area contributed by atoms with E-state index in [2.05, 4.69) is 134 Å². The Balaban J connectivity index is 1.21. The number of fused-ring (bicyclic) bond motifs is 3. The van der Waals surface area contributed by atoms with E-state index >= 15 is 0 Å². The number of benzene rings is 5. The molecular formula is C39H42B2O5S. The predicted octanol–water partition coefficient (Wildman–Crippen LogP) is 8.46. The van der Waals surface area contributed by atoms with Crippen molar-refractivity contribution in [1.82, 2.24) is 0 Å². The number of hydrogen-bond donors (Lipinski definition) is 0. The van der Waals surface area contributed by atoms with Crippen molar-refractivity contribution >= 4 is 58.5 Å². The second kappa shape index (κ2) is 11.7. The molecule has 0 amide bonds. The van der Waals surface area contributed by atoms with E-state index in [0.717, 1.165) is 27.1 Å². The Labute approximate surface area is 283 Å². The Kier molecular flexibility index (Phi) is 8.05. The molecular weight excluding hydrogens is 602 g/mol. The summed E-state index contributed by atoms with van der Waals surface area (Å²) in [5, 5.41) is 4.80. The highest BCUT2D eigenvalue weighted by Crippen LogP contribution is 2.43. The molecule has 0 N–H and O–H groups in total. The third-order valence-corrected chi connectivity index (χ3v) is 11.5. The fourth-order valence-corrected chi connectivity index (χ4v) is 7.07. The molecule has 0 saturated carbocycles. The van der Waals surface area contributed by atoms with Crippen LogP contribution in [0.15, 0.2) is 108 Å². The van der Waals surface area contributed by atoms with Crippen LogP contribution in [-0.4, -0.2) is 36.6 Å². The van der Waals surface area contributed by atoms with Crippen molar-refractivity contribution in [3.8, 4) is 5.75 Å². The number of rotatable bonds is 7. The van der Waals surface area contributed by atoms with E-state index in [0.29, 0.717) is 0 Å². The largest absolute Gasteiger partial charge is 0.494 e. The topological polar surface area (TPSA) is 46.2 Å². The normalized spacial score (nSPS) is 20.2. The fourth-order valence-electron chi connectivity index (χ4n) is 6.05. The molecule has 0 spiro atoms. The lowest BCUT2D eigenvalue weighted by Crippen LogP contribution is -2.41. The third-order valence-electron chi connectivity index (χ3n) is 10.4. The summed E-state index contributed by atoms with van der Waals surface area (Å²) in [4.78, 5) is 1.08. The first kappa shape index (κ1) is 32.3. The minimum absolute atomic E-state index is 0.324. The van der Waals surface area contributed by atoms with Crippen molar-refractivity contribution in [1.29, 1.82) is 0 Å². The van der Waals surface area contributed by atoms with Crippen molar-refractivity contribution in [2.24, 2.45) is 0 Å². The van der Waals surface area contributed by atoms with Crippen LogP contribution in [0.1, 0.15) is 66.4 Å². The molecule has 0 bridgehead atoms. The van der Waals surface area contributed by atoms with Crippen molar-refractivity contribution in [3.63, 3.8) is 0 Å². The molecule has 47 heavy (non-hydrogen) atoms. The van der Waals surface area contributed by atoms with Crippen LogP contribution in [0.4, 0.5) is 0 Å². The van der Waals surface area contributed by atoms with Crippen LogP contribution in [0.2, 0.25) is 0 Å². The van der Waals surface area contributed by atoms with E-state index in [1.54, 1.807) is 11.8 Å². The summed E-state index contributed by atoms with van der Waals surface area (Å²) in [5.74, 6) is 0.772. The van der Waals surface area contributed by atoms with Gasteiger partial charge in [-0.15, -0.1) is 0 Å². The van der Waals surface area contributed by atoms with Crippen LogP contribution in [0, 0.1) is 0 Å². The summed E-state index contributed by atoms with van der Waals surface area (Å²) in [6.45, 7) is 16.6. The van der Waals surface area contributed by atoms with Crippen LogP contribution >= 0.6 is 11.8 Å². The van der Waals surface area contributed by atoms with Gasteiger partial charge < -0.3 is 23.4 Å². The molecule has 1 atom stereocenters. The van der Waals surface area contributed by atoms with Gasteiger partial charge in [-0.2, -0.15) is 0 Å². The van der Waals surface area contributed by atoms with Crippen LogP contribution < -0.4 is 15.7 Å². The smallest absolute Gasteiger partial charge is 0.475 e. The molecule has 5 nitrogen and oxygen atoms in total. The van der Waals surface area contributed by atoms with E-state index in [1.807, 2.05) is 24.3 Å². The van der Waals surface area contributed by atoms with Gasteiger partial charge in [0.15, 0.2) is 5.44 Å². The molecule has 2 heterocycles. The summed E-state index contributed by atoms with van der Waals surface area (Å²) >= 11 is 1.69. The molecule has 2 saturated heterocycles. The standard InChI is InChI=1S/C39H42B2O5S/c1-36(2)37(3,4)44-40(43-36)28-18-22-30(23-19-28)42-35(33-15-11-13-27-17-16-26-12-9-10-14-32(26)34(27)33)47-31-24-20-29(21-25-31)41-45-38(5,6)39(7,8)46-41/h9-25,35H,1-8H3. The predicted molar refractivity (Wildman–Crippen MR) is 195 cm³/mol. The first-order valence-electron chi connectivity index (χ1n) is 16.4. The van der Waals surface area contributed by atoms with Crippen LogP contribution in [0.25, 0.3) is 21.5 Å². The molecule has 8 heteroatoms. The highest BCUT2D eigenvalue weighted by Gasteiger charge is 2.52. The van der Waals surface area contributed by atoms with Crippen LogP contribution in [-0.2, 0) is 18.6 Å². The van der Waals surface area contributed by atoms with Gasteiger partial charge in [-0.05, 0) is 112 Å². The molecule has 5 aromatic carbocycles. The molecule has 2 aliphatic rings. The highest BCUT2D eigenvalue weighted by atomic mass is 32.2. The molecule has 1 unspecified atom stereocenters. The first-order chi connectivity index (χ1) is 22.2. The fraction of sp³-hybridized carbons (Fsp3) is 0.333. The Morgan fingerprint density at radius 3 is 1.60 bits per heavy atom. The summed E-state index contributed by atoms with van der Waals surface area (Å²) < 4.78 is 32.1. The van der Waals surface area contributed by atoms with Gasteiger partial charge in [-0.3, -0.25) is 0 Å². The van der Waals surface area contributed by atoms with Crippen molar-refractivity contribution in [3.05, 3.63) is 109 Å².